The largest absolute Gasteiger partial charge is 0.504 e. The van der Waals surface area contributed by atoms with Crippen molar-refractivity contribution < 1.29 is 14.6 Å². The van der Waals surface area contributed by atoms with E-state index in [1.807, 2.05) is 31.2 Å². The van der Waals surface area contributed by atoms with E-state index >= 15 is 0 Å². The van der Waals surface area contributed by atoms with Crippen LogP contribution in [0.2, 0.25) is 10.0 Å². The predicted molar refractivity (Wildman–Crippen MR) is 113 cm³/mol. The second-order valence-corrected chi connectivity index (χ2v) is 7.20. The van der Waals surface area contributed by atoms with Gasteiger partial charge < -0.3 is 14.7 Å². The summed E-state index contributed by atoms with van der Waals surface area (Å²) in [5, 5.41) is 10.6. The number of methoxy groups -OCH3 is 1. The standard InChI is InChI=1S/C22H19Cl2NO3/c1-14-3-7-17(8-4-14)25(13-15-5-10-20(26)21(11-15)28-2)22(27)18-9-6-16(23)12-19(18)24/h3-12,26H,13H2,1-2H3. The van der Waals surface area contributed by atoms with E-state index in [4.69, 9.17) is 27.9 Å². The van der Waals surface area contributed by atoms with Crippen LogP contribution in [0.5, 0.6) is 11.5 Å². The van der Waals surface area contributed by atoms with Crippen molar-refractivity contribution in [2.45, 2.75) is 13.5 Å². The van der Waals surface area contributed by atoms with E-state index in [-0.39, 0.29) is 23.2 Å². The smallest absolute Gasteiger partial charge is 0.260 e. The maximum Gasteiger partial charge on any atom is 0.260 e. The average Bonchev–Trinajstić information content (AvgIpc) is 2.67. The molecule has 0 saturated carbocycles. The second-order valence-electron chi connectivity index (χ2n) is 6.36. The molecular weight excluding hydrogens is 397 g/mol. The minimum Gasteiger partial charge on any atom is -0.504 e. The second kappa shape index (κ2) is 8.55. The lowest BCUT2D eigenvalue weighted by Crippen LogP contribution is -2.30. The van der Waals surface area contributed by atoms with E-state index in [9.17, 15) is 9.90 Å². The van der Waals surface area contributed by atoms with Crippen LogP contribution < -0.4 is 9.64 Å². The summed E-state index contributed by atoms with van der Waals surface area (Å²) in [6.45, 7) is 2.26. The predicted octanol–water partition coefficient (Wildman–Crippen LogP) is 5.86. The third-order valence-electron chi connectivity index (χ3n) is 4.34. The number of phenols is 1. The fourth-order valence-corrected chi connectivity index (χ4v) is 3.31. The summed E-state index contributed by atoms with van der Waals surface area (Å²) in [7, 11) is 1.48. The monoisotopic (exact) mass is 415 g/mol. The van der Waals surface area contributed by atoms with Gasteiger partial charge in [0.15, 0.2) is 11.5 Å². The molecule has 0 heterocycles. The van der Waals surface area contributed by atoms with Gasteiger partial charge in [0.25, 0.3) is 5.91 Å². The van der Waals surface area contributed by atoms with Crippen LogP contribution in [0.4, 0.5) is 5.69 Å². The minimum absolute atomic E-state index is 0.0419. The third kappa shape index (κ3) is 4.41. The highest BCUT2D eigenvalue weighted by Gasteiger charge is 2.21. The molecule has 3 aromatic carbocycles. The number of phenolic OH excluding ortho intramolecular Hbond substituents is 1. The first-order valence-corrected chi connectivity index (χ1v) is 9.34. The number of carbonyl (C=O) groups excluding carboxylic acids is 1. The van der Waals surface area contributed by atoms with Crippen molar-refractivity contribution in [3.8, 4) is 11.5 Å². The van der Waals surface area contributed by atoms with Crippen molar-refractivity contribution in [3.05, 3.63) is 87.4 Å². The SMILES string of the molecule is COc1cc(CN(C(=O)c2ccc(Cl)cc2Cl)c2ccc(C)cc2)ccc1O. The highest BCUT2D eigenvalue weighted by Crippen LogP contribution is 2.30. The summed E-state index contributed by atoms with van der Waals surface area (Å²) in [5.74, 6) is 0.135. The number of benzene rings is 3. The third-order valence-corrected chi connectivity index (χ3v) is 4.88. The Morgan fingerprint density at radius 2 is 1.75 bits per heavy atom. The number of carbonyl (C=O) groups is 1. The zero-order chi connectivity index (χ0) is 20.3. The molecule has 0 radical (unpaired) electrons. The van der Waals surface area contributed by atoms with Crippen molar-refractivity contribution in [2.24, 2.45) is 0 Å². The van der Waals surface area contributed by atoms with Gasteiger partial charge in [0.1, 0.15) is 0 Å². The topological polar surface area (TPSA) is 49.8 Å². The molecule has 0 fully saturated rings. The van der Waals surface area contributed by atoms with E-state index in [1.165, 1.54) is 7.11 Å². The number of amides is 1. The quantitative estimate of drug-likeness (QED) is 0.567. The van der Waals surface area contributed by atoms with Crippen LogP contribution in [0.1, 0.15) is 21.5 Å². The first-order chi connectivity index (χ1) is 13.4. The lowest BCUT2D eigenvalue weighted by Gasteiger charge is -2.24. The number of hydrogen-bond acceptors (Lipinski definition) is 3. The number of aryl methyl sites for hydroxylation is 1. The number of halogens is 2. The summed E-state index contributed by atoms with van der Waals surface area (Å²) in [4.78, 5) is 14.9. The Labute approximate surface area is 173 Å². The molecule has 0 aliphatic rings. The number of nitrogens with zero attached hydrogens (tertiary/aromatic N) is 1. The van der Waals surface area contributed by atoms with Crippen molar-refractivity contribution >= 4 is 34.8 Å². The van der Waals surface area contributed by atoms with Gasteiger partial charge in [-0.05, 0) is 55.0 Å². The van der Waals surface area contributed by atoms with Crippen LogP contribution in [0.15, 0.2) is 60.7 Å². The van der Waals surface area contributed by atoms with Crippen molar-refractivity contribution in [3.63, 3.8) is 0 Å². The summed E-state index contributed by atoms with van der Waals surface area (Å²) in [5.41, 5.74) is 2.98. The molecule has 0 atom stereocenters. The number of ether oxygens (including phenoxy) is 1. The molecule has 28 heavy (non-hydrogen) atoms. The lowest BCUT2D eigenvalue weighted by atomic mass is 10.1. The summed E-state index contributed by atoms with van der Waals surface area (Å²) < 4.78 is 5.18. The van der Waals surface area contributed by atoms with Gasteiger partial charge in [-0.1, -0.05) is 47.0 Å². The van der Waals surface area contributed by atoms with Gasteiger partial charge in [-0.3, -0.25) is 4.79 Å². The summed E-state index contributed by atoms with van der Waals surface area (Å²) in [6, 6.07) is 17.4. The molecule has 4 nitrogen and oxygen atoms in total. The number of aromatic hydroxyl groups is 1. The van der Waals surface area contributed by atoms with Gasteiger partial charge in [-0.25, -0.2) is 0 Å². The summed E-state index contributed by atoms with van der Waals surface area (Å²) in [6.07, 6.45) is 0. The number of rotatable bonds is 5. The van der Waals surface area contributed by atoms with Gasteiger partial charge in [0, 0.05) is 10.7 Å². The van der Waals surface area contributed by atoms with Crippen LogP contribution in [0.25, 0.3) is 0 Å². The van der Waals surface area contributed by atoms with Gasteiger partial charge in [0.2, 0.25) is 0 Å². The van der Waals surface area contributed by atoms with Gasteiger partial charge in [0.05, 0.1) is 24.2 Å². The van der Waals surface area contributed by atoms with Gasteiger partial charge >= 0.3 is 0 Å². The zero-order valence-electron chi connectivity index (χ0n) is 15.4. The number of hydrogen-bond donors (Lipinski definition) is 1. The number of anilines is 1. The first-order valence-electron chi connectivity index (χ1n) is 8.58. The molecule has 3 aromatic rings. The molecule has 0 spiro atoms. The van der Waals surface area contributed by atoms with Crippen molar-refractivity contribution in [1.82, 2.24) is 0 Å². The van der Waals surface area contributed by atoms with Gasteiger partial charge in [-0.15, -0.1) is 0 Å². The highest BCUT2D eigenvalue weighted by atomic mass is 35.5. The zero-order valence-corrected chi connectivity index (χ0v) is 17.0. The van der Waals surface area contributed by atoms with E-state index in [1.54, 1.807) is 41.3 Å². The minimum atomic E-state index is -0.252. The highest BCUT2D eigenvalue weighted by molar-refractivity contribution is 6.37. The molecule has 3 rings (SSSR count). The fraction of sp³-hybridized carbons (Fsp3) is 0.136. The molecule has 0 bridgehead atoms. The van der Waals surface area contributed by atoms with Crippen LogP contribution in [0, 0.1) is 6.92 Å². The lowest BCUT2D eigenvalue weighted by molar-refractivity contribution is 0.0985. The van der Waals surface area contributed by atoms with Crippen LogP contribution in [-0.2, 0) is 6.54 Å². The molecule has 144 valence electrons. The van der Waals surface area contributed by atoms with Gasteiger partial charge in [-0.2, -0.15) is 0 Å². The molecular formula is C22H19Cl2NO3. The maximum absolute atomic E-state index is 13.3. The Bertz CT molecular complexity index is 1000. The fourth-order valence-electron chi connectivity index (χ4n) is 2.82. The Morgan fingerprint density at radius 1 is 1.04 bits per heavy atom. The van der Waals surface area contributed by atoms with Crippen LogP contribution in [0.3, 0.4) is 0 Å². The molecule has 0 saturated heterocycles. The van der Waals surface area contributed by atoms with E-state index in [0.29, 0.717) is 16.3 Å². The molecule has 0 unspecified atom stereocenters. The summed E-state index contributed by atoms with van der Waals surface area (Å²) >= 11 is 12.2. The van der Waals surface area contributed by atoms with E-state index in [2.05, 4.69) is 0 Å². The van der Waals surface area contributed by atoms with Crippen LogP contribution >= 0.6 is 23.2 Å². The first kappa shape index (κ1) is 20.1. The molecule has 1 amide bonds. The van der Waals surface area contributed by atoms with Crippen LogP contribution in [-0.4, -0.2) is 18.1 Å². The molecule has 1 N–H and O–H groups in total. The normalized spacial score (nSPS) is 10.6. The van der Waals surface area contributed by atoms with Crippen molar-refractivity contribution in [1.29, 1.82) is 0 Å². The Kier molecular flexibility index (Phi) is 6.12. The Morgan fingerprint density at radius 3 is 2.39 bits per heavy atom. The Balaban J connectivity index is 2.02. The maximum atomic E-state index is 13.3. The molecule has 0 aliphatic heterocycles. The molecule has 0 aromatic heterocycles. The molecule has 6 heteroatoms. The average molecular weight is 416 g/mol. The van der Waals surface area contributed by atoms with E-state index in [0.717, 1.165) is 16.8 Å². The van der Waals surface area contributed by atoms with Crippen molar-refractivity contribution in [2.75, 3.05) is 12.0 Å². The van der Waals surface area contributed by atoms with E-state index < -0.39 is 0 Å². The molecule has 0 aliphatic carbocycles. The Hall–Kier alpha value is -2.69.